The summed E-state index contributed by atoms with van der Waals surface area (Å²) in [5.41, 5.74) is 4.81. The van der Waals surface area contributed by atoms with Gasteiger partial charge in [-0.15, -0.1) is 0 Å². The zero-order valence-corrected chi connectivity index (χ0v) is 28.0. The summed E-state index contributed by atoms with van der Waals surface area (Å²) < 4.78 is 18.5. The quantitative estimate of drug-likeness (QED) is 0.300. The average Bonchev–Trinajstić information content (AvgIpc) is 3.05. The first-order valence-electron chi connectivity index (χ1n) is 15.2. The van der Waals surface area contributed by atoms with Gasteiger partial charge >= 0.3 is 0 Å². The van der Waals surface area contributed by atoms with Crippen LogP contribution in [-0.2, 0) is 11.2 Å². The molecule has 1 N–H and O–H groups in total. The van der Waals surface area contributed by atoms with Crippen molar-refractivity contribution in [1.29, 1.82) is 0 Å². The van der Waals surface area contributed by atoms with Crippen molar-refractivity contribution in [2.75, 3.05) is 45.2 Å². The maximum absolute atomic E-state index is 13.5. The van der Waals surface area contributed by atoms with Crippen molar-refractivity contribution in [2.45, 2.75) is 61.8 Å². The van der Waals surface area contributed by atoms with Crippen molar-refractivity contribution in [3.8, 4) is 5.75 Å². The van der Waals surface area contributed by atoms with Gasteiger partial charge in [0.25, 0.3) is 5.91 Å². The Hall–Kier alpha value is -4.11. The third kappa shape index (κ3) is 11.9. The number of hydrogen-bond acceptors (Lipinski definition) is 6. The Morgan fingerprint density at radius 3 is 2.14 bits per heavy atom. The monoisotopic (exact) mass is 607 g/mol. The molecule has 9 heteroatoms. The lowest BCUT2D eigenvalue weighted by molar-refractivity contribution is -0.127. The SMILES string of the molecule is C=CC(=O)N1CCN(CCc2ccc(C)c(F)c2)CC1.CC.CC.COc1cnc(C(=O)Nc2ncc(C)cc2C)c(C)c1. The average molecular weight is 608 g/mol. The van der Waals surface area contributed by atoms with Crippen LogP contribution in [0.1, 0.15) is 66.0 Å². The number of hydrogen-bond donors (Lipinski definition) is 1. The first-order chi connectivity index (χ1) is 21.1. The van der Waals surface area contributed by atoms with Gasteiger partial charge in [-0.05, 0) is 80.1 Å². The number of amides is 2. The van der Waals surface area contributed by atoms with Gasteiger partial charge in [-0.3, -0.25) is 14.5 Å². The lowest BCUT2D eigenvalue weighted by atomic mass is 10.1. The van der Waals surface area contributed by atoms with Crippen LogP contribution in [0.2, 0.25) is 0 Å². The number of piperazine rings is 1. The summed E-state index contributed by atoms with van der Waals surface area (Å²) in [6.07, 6.45) is 5.45. The van der Waals surface area contributed by atoms with E-state index in [9.17, 15) is 14.0 Å². The molecule has 3 heterocycles. The van der Waals surface area contributed by atoms with Gasteiger partial charge in [0.1, 0.15) is 23.1 Å². The summed E-state index contributed by atoms with van der Waals surface area (Å²) in [5.74, 6) is 0.778. The lowest BCUT2D eigenvalue weighted by Crippen LogP contribution is -2.48. The Labute approximate surface area is 263 Å². The van der Waals surface area contributed by atoms with Crippen LogP contribution in [0.25, 0.3) is 0 Å². The minimum Gasteiger partial charge on any atom is -0.495 e. The van der Waals surface area contributed by atoms with Crippen molar-refractivity contribution >= 4 is 17.6 Å². The molecule has 0 spiro atoms. The molecule has 0 unspecified atom stereocenters. The fourth-order valence-electron chi connectivity index (χ4n) is 4.31. The van der Waals surface area contributed by atoms with Crippen LogP contribution in [0.15, 0.2) is 55.4 Å². The maximum atomic E-state index is 13.5. The molecule has 0 radical (unpaired) electrons. The number of carbonyl (C=O) groups excluding carboxylic acids is 2. The largest absolute Gasteiger partial charge is 0.495 e. The highest BCUT2D eigenvalue weighted by atomic mass is 19.1. The molecule has 0 aliphatic carbocycles. The molecule has 1 fully saturated rings. The minimum absolute atomic E-state index is 0.00487. The number of nitrogens with zero attached hydrogens (tertiary/aromatic N) is 4. The van der Waals surface area contributed by atoms with Crippen molar-refractivity contribution in [2.24, 2.45) is 0 Å². The molecular formula is C35H50FN5O3. The number of ether oxygens (including phenoxy) is 1. The Balaban J connectivity index is 0.000000395. The van der Waals surface area contributed by atoms with Gasteiger partial charge in [0.15, 0.2) is 0 Å². The van der Waals surface area contributed by atoms with Crippen LogP contribution in [-0.4, -0.2) is 71.4 Å². The number of aromatic nitrogens is 2. The second-order valence-electron chi connectivity index (χ2n) is 9.88. The van der Waals surface area contributed by atoms with Gasteiger partial charge in [0, 0.05) is 38.9 Å². The molecule has 44 heavy (non-hydrogen) atoms. The predicted molar refractivity (Wildman–Crippen MR) is 178 cm³/mol. The van der Waals surface area contributed by atoms with Crippen LogP contribution in [0, 0.1) is 33.5 Å². The number of nitrogens with one attached hydrogen (secondary N) is 1. The van der Waals surface area contributed by atoms with Gasteiger partial charge in [-0.1, -0.05) is 52.5 Å². The van der Waals surface area contributed by atoms with E-state index in [1.54, 1.807) is 32.4 Å². The van der Waals surface area contributed by atoms with E-state index in [0.29, 0.717) is 22.8 Å². The van der Waals surface area contributed by atoms with Gasteiger partial charge < -0.3 is 15.0 Å². The molecule has 0 saturated carbocycles. The smallest absolute Gasteiger partial charge is 0.275 e. The van der Waals surface area contributed by atoms with Crippen LogP contribution in [0.4, 0.5) is 10.2 Å². The number of pyridine rings is 2. The first kappa shape index (κ1) is 37.9. The standard InChI is InChI=1S/C16H21FN2O.C15H17N3O2.2C2H6/c1-3-16(20)19-10-8-18(9-11-19)7-6-14-5-4-13(2)15(17)12-14;1-9-5-11(3)14(17-7-9)18-15(19)13-10(2)6-12(20-4)8-16-13;2*1-2/h3-5,12H,1,6-11H2,2H3;5-8H,1-4H3,(H,17,18,19);2*1-2H3. The molecular weight excluding hydrogens is 557 g/mol. The van der Waals surface area contributed by atoms with Crippen molar-refractivity contribution < 1.29 is 18.7 Å². The Bertz CT molecular complexity index is 1350. The van der Waals surface area contributed by atoms with Crippen molar-refractivity contribution in [3.05, 3.63) is 94.7 Å². The molecule has 2 aromatic heterocycles. The molecule has 8 nitrogen and oxygen atoms in total. The van der Waals surface area contributed by atoms with E-state index >= 15 is 0 Å². The van der Waals surface area contributed by atoms with Gasteiger partial charge in [0.2, 0.25) is 5.91 Å². The van der Waals surface area contributed by atoms with E-state index in [2.05, 4.69) is 26.8 Å². The zero-order valence-electron chi connectivity index (χ0n) is 28.0. The van der Waals surface area contributed by atoms with Gasteiger partial charge in [-0.2, -0.15) is 0 Å². The van der Waals surface area contributed by atoms with E-state index in [1.165, 1.54) is 12.3 Å². The number of aryl methyl sites for hydroxylation is 4. The lowest BCUT2D eigenvalue weighted by Gasteiger charge is -2.34. The van der Waals surface area contributed by atoms with E-state index < -0.39 is 0 Å². The second-order valence-corrected chi connectivity index (χ2v) is 9.88. The van der Waals surface area contributed by atoms with Crippen LogP contribution in [0.3, 0.4) is 0 Å². The van der Waals surface area contributed by atoms with Gasteiger partial charge in [0.05, 0.1) is 13.3 Å². The number of carbonyl (C=O) groups is 2. The number of anilines is 1. The zero-order chi connectivity index (χ0) is 33.2. The summed E-state index contributed by atoms with van der Waals surface area (Å²) in [6.45, 7) is 23.1. The van der Waals surface area contributed by atoms with E-state index in [4.69, 9.17) is 4.74 Å². The molecule has 1 aromatic carbocycles. The highest BCUT2D eigenvalue weighted by molar-refractivity contribution is 6.03. The fourth-order valence-corrected chi connectivity index (χ4v) is 4.31. The predicted octanol–water partition coefficient (Wildman–Crippen LogP) is 6.72. The number of rotatable bonds is 7. The van der Waals surface area contributed by atoms with Crippen LogP contribution < -0.4 is 10.1 Å². The number of halogens is 1. The Morgan fingerprint density at radius 2 is 1.59 bits per heavy atom. The van der Waals surface area contributed by atoms with Crippen molar-refractivity contribution in [1.82, 2.24) is 19.8 Å². The molecule has 4 rings (SSSR count). The van der Waals surface area contributed by atoms with E-state index in [-0.39, 0.29) is 17.6 Å². The summed E-state index contributed by atoms with van der Waals surface area (Å²) >= 11 is 0. The maximum Gasteiger partial charge on any atom is 0.275 e. The van der Waals surface area contributed by atoms with Crippen molar-refractivity contribution in [3.63, 3.8) is 0 Å². The third-order valence-electron chi connectivity index (χ3n) is 6.76. The number of methoxy groups -OCH3 is 1. The summed E-state index contributed by atoms with van der Waals surface area (Å²) in [6, 6.07) is 9.17. The van der Waals surface area contributed by atoms with Crippen LogP contribution in [0.5, 0.6) is 5.75 Å². The molecule has 3 aromatic rings. The second kappa shape index (κ2) is 20.0. The summed E-state index contributed by atoms with van der Waals surface area (Å²) in [4.78, 5) is 36.2. The van der Waals surface area contributed by atoms with E-state index in [0.717, 1.165) is 61.4 Å². The van der Waals surface area contributed by atoms with Crippen LogP contribution >= 0.6 is 0 Å². The normalized spacial score (nSPS) is 12.3. The summed E-state index contributed by atoms with van der Waals surface area (Å²) in [7, 11) is 1.57. The minimum atomic E-state index is -0.274. The number of benzene rings is 1. The fraction of sp³-hybridized carbons (Fsp3) is 0.429. The molecule has 0 atom stereocenters. The molecule has 1 aliphatic heterocycles. The Kier molecular flexibility index (Phi) is 17.2. The van der Waals surface area contributed by atoms with Gasteiger partial charge in [-0.25, -0.2) is 14.4 Å². The molecule has 2 amide bonds. The Morgan fingerprint density at radius 1 is 0.932 bits per heavy atom. The first-order valence-corrected chi connectivity index (χ1v) is 15.2. The molecule has 0 bridgehead atoms. The highest BCUT2D eigenvalue weighted by Crippen LogP contribution is 2.17. The molecule has 1 aliphatic rings. The highest BCUT2D eigenvalue weighted by Gasteiger charge is 2.19. The topological polar surface area (TPSA) is 87.7 Å². The molecule has 240 valence electrons. The molecule has 1 saturated heterocycles. The summed E-state index contributed by atoms with van der Waals surface area (Å²) in [5, 5.41) is 2.78. The third-order valence-corrected chi connectivity index (χ3v) is 6.76. The van der Waals surface area contributed by atoms with E-state index in [1.807, 2.05) is 71.6 Å².